The van der Waals surface area contributed by atoms with Crippen LogP contribution in [0.15, 0.2) is 36.4 Å². The molecule has 1 unspecified atom stereocenters. The van der Waals surface area contributed by atoms with E-state index in [9.17, 15) is 18.0 Å². The van der Waals surface area contributed by atoms with Gasteiger partial charge in [0.2, 0.25) is 0 Å². The molecule has 0 aliphatic carbocycles. The molecule has 216 valence electrons. The maximum Gasteiger partial charge on any atom is 0.419 e. The zero-order valence-electron chi connectivity index (χ0n) is 22.3. The zero-order valence-corrected chi connectivity index (χ0v) is 23.8. The molecule has 0 radical (unpaired) electrons. The summed E-state index contributed by atoms with van der Waals surface area (Å²) in [4.78, 5) is 12.4. The van der Waals surface area contributed by atoms with Gasteiger partial charge in [0.15, 0.2) is 0 Å². The van der Waals surface area contributed by atoms with Crippen LogP contribution in [0, 0.1) is 0 Å². The smallest absolute Gasteiger partial charge is 0.419 e. The minimum atomic E-state index is -4.59. The fourth-order valence-corrected chi connectivity index (χ4v) is 4.77. The molecule has 1 amide bonds. The van der Waals surface area contributed by atoms with Gasteiger partial charge >= 0.3 is 12.3 Å². The largest absolute Gasteiger partial charge is 0.493 e. The Kier molecular flexibility index (Phi) is 10.8. The summed E-state index contributed by atoms with van der Waals surface area (Å²) in [5.41, 5.74) is -0.942. The summed E-state index contributed by atoms with van der Waals surface area (Å²) >= 11 is 11.9. The van der Waals surface area contributed by atoms with Crippen LogP contribution in [-0.2, 0) is 33.2 Å². The van der Waals surface area contributed by atoms with Gasteiger partial charge in [0.05, 0.1) is 34.4 Å². The molecule has 6 nitrogen and oxygen atoms in total. The van der Waals surface area contributed by atoms with E-state index in [0.717, 1.165) is 11.6 Å². The third-order valence-electron chi connectivity index (χ3n) is 6.61. The number of cyclic esters (lactones) is 1. The number of halogens is 5. The summed E-state index contributed by atoms with van der Waals surface area (Å²) in [7, 11) is 1.49. The highest BCUT2D eigenvalue weighted by Crippen LogP contribution is 2.38. The van der Waals surface area contributed by atoms with Crippen molar-refractivity contribution in [1.29, 1.82) is 0 Å². The Morgan fingerprint density at radius 3 is 2.44 bits per heavy atom. The number of amides is 1. The van der Waals surface area contributed by atoms with E-state index < -0.39 is 29.0 Å². The molecule has 2 aromatic rings. The Hall–Kier alpha value is -2.20. The summed E-state index contributed by atoms with van der Waals surface area (Å²) in [6.07, 6.45) is -2.38. The average molecular weight is 592 g/mol. The lowest BCUT2D eigenvalue weighted by Crippen LogP contribution is -2.51. The number of alkyl halides is 3. The maximum atomic E-state index is 13.9. The van der Waals surface area contributed by atoms with Gasteiger partial charge in [-0.3, -0.25) is 0 Å². The third-order valence-corrected chi connectivity index (χ3v) is 7.35. The first-order chi connectivity index (χ1) is 18.3. The Labute approximate surface area is 237 Å². The third kappa shape index (κ3) is 9.45. The lowest BCUT2D eigenvalue weighted by atomic mass is 9.84. The predicted molar refractivity (Wildman–Crippen MR) is 144 cm³/mol. The second kappa shape index (κ2) is 13.4. The minimum absolute atomic E-state index is 0.0250. The van der Waals surface area contributed by atoms with Gasteiger partial charge in [0.1, 0.15) is 18.1 Å². The van der Waals surface area contributed by atoms with Crippen LogP contribution < -0.4 is 10.1 Å². The monoisotopic (exact) mass is 591 g/mol. The molecule has 0 saturated carbocycles. The van der Waals surface area contributed by atoms with Crippen LogP contribution in [0.3, 0.4) is 0 Å². The van der Waals surface area contributed by atoms with E-state index in [4.69, 9.17) is 42.1 Å². The summed E-state index contributed by atoms with van der Waals surface area (Å²) in [6, 6.07) is 9.31. The van der Waals surface area contributed by atoms with E-state index in [0.29, 0.717) is 47.7 Å². The van der Waals surface area contributed by atoms with Gasteiger partial charge in [0, 0.05) is 7.11 Å². The number of nitrogens with one attached hydrogen (secondary N) is 1. The SMILES string of the molecule is COCOCC1(CCc2ccc(OCCCc3ccc(Cl)c(Cl)c3)c(C(F)(F)F)c2)CCC(C)(C)OC(=O)N1. The zero-order chi connectivity index (χ0) is 28.7. The molecular weight excluding hydrogens is 558 g/mol. The van der Waals surface area contributed by atoms with Crippen LogP contribution >= 0.6 is 23.2 Å². The van der Waals surface area contributed by atoms with Crippen molar-refractivity contribution in [2.45, 2.75) is 69.7 Å². The lowest BCUT2D eigenvalue weighted by molar-refractivity contribution is -0.139. The van der Waals surface area contributed by atoms with Crippen molar-refractivity contribution in [1.82, 2.24) is 5.32 Å². The highest BCUT2D eigenvalue weighted by atomic mass is 35.5. The molecule has 2 aromatic carbocycles. The fraction of sp³-hybridized carbons (Fsp3) is 0.536. The number of alkyl carbamates (subject to hydrolysis) is 1. The van der Waals surface area contributed by atoms with Gasteiger partial charge in [-0.2, -0.15) is 13.2 Å². The molecule has 1 N–H and O–H groups in total. The van der Waals surface area contributed by atoms with Gasteiger partial charge < -0.3 is 24.3 Å². The second-order valence-electron chi connectivity index (χ2n) is 10.3. The molecule has 0 aromatic heterocycles. The number of rotatable bonds is 12. The molecule has 11 heteroatoms. The summed E-state index contributed by atoms with van der Waals surface area (Å²) in [5.74, 6) is -0.226. The number of carbonyl (C=O) groups excluding carboxylic acids is 1. The lowest BCUT2D eigenvalue weighted by Gasteiger charge is -2.32. The molecule has 0 bridgehead atoms. The number of hydrogen-bond acceptors (Lipinski definition) is 5. The van der Waals surface area contributed by atoms with Crippen molar-refractivity contribution < 1.29 is 36.9 Å². The minimum Gasteiger partial charge on any atom is -0.493 e. The molecule has 3 rings (SSSR count). The van der Waals surface area contributed by atoms with E-state index >= 15 is 0 Å². The second-order valence-corrected chi connectivity index (χ2v) is 11.2. The maximum absolute atomic E-state index is 13.9. The number of hydrogen-bond donors (Lipinski definition) is 1. The van der Waals surface area contributed by atoms with Crippen molar-refractivity contribution in [3.8, 4) is 5.75 Å². The Morgan fingerprint density at radius 1 is 1.03 bits per heavy atom. The normalized spacial score (nSPS) is 19.2. The molecular formula is C28H34Cl2F3NO5. The highest BCUT2D eigenvalue weighted by Gasteiger charge is 2.40. The van der Waals surface area contributed by atoms with E-state index in [-0.39, 0.29) is 32.2 Å². The summed E-state index contributed by atoms with van der Waals surface area (Å²) in [5, 5.41) is 3.75. The van der Waals surface area contributed by atoms with Crippen molar-refractivity contribution in [2.75, 3.05) is 27.1 Å². The molecule has 1 heterocycles. The molecule has 1 fully saturated rings. The first kappa shape index (κ1) is 31.3. The van der Waals surface area contributed by atoms with Gasteiger partial charge in [-0.25, -0.2) is 4.79 Å². The van der Waals surface area contributed by atoms with Gasteiger partial charge in [-0.05, 0) is 87.8 Å². The molecule has 1 atom stereocenters. The number of aryl methyl sites for hydroxylation is 2. The Balaban J connectivity index is 1.69. The van der Waals surface area contributed by atoms with Gasteiger partial charge in [-0.1, -0.05) is 35.3 Å². The molecule has 1 aliphatic rings. The molecule has 39 heavy (non-hydrogen) atoms. The first-order valence-electron chi connectivity index (χ1n) is 12.7. The Bertz CT molecular complexity index is 1130. The van der Waals surface area contributed by atoms with Crippen molar-refractivity contribution in [2.24, 2.45) is 0 Å². The first-order valence-corrected chi connectivity index (χ1v) is 13.4. The quantitative estimate of drug-likeness (QED) is 0.203. The van der Waals surface area contributed by atoms with Crippen LogP contribution in [0.4, 0.5) is 18.0 Å². The average Bonchev–Trinajstić information content (AvgIpc) is 2.97. The van der Waals surface area contributed by atoms with Crippen LogP contribution in [0.1, 0.15) is 56.2 Å². The summed E-state index contributed by atoms with van der Waals surface area (Å²) in [6.45, 7) is 3.90. The number of ether oxygens (including phenoxy) is 4. The standard InChI is InChI=1S/C28H34Cl2F3NO5/c1-26(2)12-13-27(17-37-18-36-3,34-25(35)39-26)11-10-20-7-9-24(21(15-20)28(31,32)33)38-14-4-5-19-6-8-22(29)23(30)16-19/h6-9,15-16H,4-5,10-14,17-18H2,1-3H3,(H,34,35). The number of methoxy groups -OCH3 is 1. The Morgan fingerprint density at radius 2 is 1.74 bits per heavy atom. The van der Waals surface area contributed by atoms with E-state index in [1.807, 2.05) is 19.9 Å². The van der Waals surface area contributed by atoms with Crippen molar-refractivity contribution in [3.05, 3.63) is 63.1 Å². The fourth-order valence-electron chi connectivity index (χ4n) is 4.45. The number of carbonyl (C=O) groups is 1. The van der Waals surface area contributed by atoms with E-state index in [1.54, 1.807) is 18.2 Å². The van der Waals surface area contributed by atoms with E-state index in [1.165, 1.54) is 13.2 Å². The van der Waals surface area contributed by atoms with Crippen LogP contribution in [0.2, 0.25) is 10.0 Å². The van der Waals surface area contributed by atoms with Crippen LogP contribution in [-0.4, -0.2) is 44.3 Å². The molecule has 0 spiro atoms. The van der Waals surface area contributed by atoms with Crippen molar-refractivity contribution >= 4 is 29.3 Å². The van der Waals surface area contributed by atoms with Crippen LogP contribution in [0.5, 0.6) is 5.75 Å². The summed E-state index contributed by atoms with van der Waals surface area (Å²) < 4.78 is 63.4. The van der Waals surface area contributed by atoms with Crippen LogP contribution in [0.25, 0.3) is 0 Å². The topological polar surface area (TPSA) is 66.0 Å². The van der Waals surface area contributed by atoms with Crippen molar-refractivity contribution in [3.63, 3.8) is 0 Å². The molecule has 1 aliphatic heterocycles. The van der Waals surface area contributed by atoms with Gasteiger partial charge in [-0.15, -0.1) is 0 Å². The van der Waals surface area contributed by atoms with E-state index in [2.05, 4.69) is 5.32 Å². The highest BCUT2D eigenvalue weighted by molar-refractivity contribution is 6.42. The number of benzene rings is 2. The molecule has 1 saturated heterocycles. The predicted octanol–water partition coefficient (Wildman–Crippen LogP) is 7.61. The van der Waals surface area contributed by atoms with Gasteiger partial charge in [0.25, 0.3) is 0 Å².